The molecule has 1 rings (SSSR count). The highest BCUT2D eigenvalue weighted by atomic mass is 16.2. The molecule has 0 fully saturated rings. The molecule has 0 heterocycles. The zero-order chi connectivity index (χ0) is 13.7. The Kier molecular flexibility index (Phi) is 5.20. The molecule has 0 saturated carbocycles. The number of anilines is 1. The van der Waals surface area contributed by atoms with E-state index in [1.807, 2.05) is 21.1 Å². The maximum absolute atomic E-state index is 11.9. The molecule has 0 radical (unpaired) electrons. The molecular formula is C15H24N2O. The zero-order valence-electron chi connectivity index (χ0n) is 12.1. The Balaban J connectivity index is 2.59. The molecule has 0 unspecified atom stereocenters. The molecule has 0 aliphatic heterocycles. The van der Waals surface area contributed by atoms with Crippen LogP contribution in [0.15, 0.2) is 24.3 Å². The number of amides is 1. The minimum atomic E-state index is 0.210. The first kappa shape index (κ1) is 14.6. The summed E-state index contributed by atoms with van der Waals surface area (Å²) in [5.41, 5.74) is 2.34. The molecule has 1 amide bonds. The van der Waals surface area contributed by atoms with Gasteiger partial charge in [0.05, 0.1) is 0 Å². The largest absolute Gasteiger partial charge is 0.378 e. The molecular weight excluding hydrogens is 224 g/mol. The van der Waals surface area contributed by atoms with E-state index in [0.29, 0.717) is 18.9 Å². The Hall–Kier alpha value is -1.51. The Labute approximate surface area is 110 Å². The summed E-state index contributed by atoms with van der Waals surface area (Å²) < 4.78 is 0. The van der Waals surface area contributed by atoms with Crippen molar-refractivity contribution in [1.82, 2.24) is 4.90 Å². The first-order chi connectivity index (χ1) is 8.40. The van der Waals surface area contributed by atoms with Crippen molar-refractivity contribution in [3.63, 3.8) is 0 Å². The van der Waals surface area contributed by atoms with Crippen LogP contribution < -0.4 is 4.90 Å². The summed E-state index contributed by atoms with van der Waals surface area (Å²) in [7, 11) is 5.91. The lowest BCUT2D eigenvalue weighted by atomic mass is 10.1. The molecule has 18 heavy (non-hydrogen) atoms. The van der Waals surface area contributed by atoms with Gasteiger partial charge in [-0.2, -0.15) is 0 Å². The topological polar surface area (TPSA) is 23.6 Å². The molecule has 0 saturated heterocycles. The van der Waals surface area contributed by atoms with Crippen molar-refractivity contribution in [3.8, 4) is 0 Å². The number of rotatable bonds is 5. The fourth-order valence-electron chi connectivity index (χ4n) is 1.77. The van der Waals surface area contributed by atoms with E-state index >= 15 is 0 Å². The summed E-state index contributed by atoms with van der Waals surface area (Å²) in [4.78, 5) is 15.7. The van der Waals surface area contributed by atoms with E-state index in [2.05, 4.69) is 43.0 Å². The van der Waals surface area contributed by atoms with Crippen molar-refractivity contribution in [1.29, 1.82) is 0 Å². The standard InChI is InChI=1S/C15H24N2O/c1-12(2)10-15(18)17(5)11-13-6-8-14(9-7-13)16(3)4/h6-9,12H,10-11H2,1-5H3. The second-order valence-corrected chi connectivity index (χ2v) is 5.41. The van der Waals surface area contributed by atoms with E-state index < -0.39 is 0 Å². The van der Waals surface area contributed by atoms with Crippen LogP contribution in [0.2, 0.25) is 0 Å². The quantitative estimate of drug-likeness (QED) is 0.800. The second kappa shape index (κ2) is 6.43. The minimum absolute atomic E-state index is 0.210. The Bertz CT molecular complexity index is 382. The van der Waals surface area contributed by atoms with Gasteiger partial charge in [-0.15, -0.1) is 0 Å². The second-order valence-electron chi connectivity index (χ2n) is 5.41. The van der Waals surface area contributed by atoms with Gasteiger partial charge >= 0.3 is 0 Å². The fourth-order valence-corrected chi connectivity index (χ4v) is 1.77. The van der Waals surface area contributed by atoms with Crippen molar-refractivity contribution in [2.24, 2.45) is 5.92 Å². The number of hydrogen-bond acceptors (Lipinski definition) is 2. The van der Waals surface area contributed by atoms with Crippen molar-refractivity contribution in [3.05, 3.63) is 29.8 Å². The molecule has 1 aromatic rings. The predicted molar refractivity (Wildman–Crippen MR) is 76.7 cm³/mol. The average Bonchev–Trinajstić information content (AvgIpc) is 2.28. The fraction of sp³-hybridized carbons (Fsp3) is 0.533. The third-order valence-electron chi connectivity index (χ3n) is 2.88. The van der Waals surface area contributed by atoms with Gasteiger partial charge < -0.3 is 9.80 Å². The Morgan fingerprint density at radius 3 is 2.11 bits per heavy atom. The van der Waals surface area contributed by atoms with Crippen LogP contribution in [0, 0.1) is 5.92 Å². The highest BCUT2D eigenvalue weighted by molar-refractivity contribution is 5.76. The van der Waals surface area contributed by atoms with Crippen LogP contribution in [0.4, 0.5) is 5.69 Å². The first-order valence-corrected chi connectivity index (χ1v) is 6.40. The Morgan fingerprint density at radius 1 is 1.11 bits per heavy atom. The predicted octanol–water partition coefficient (Wildman–Crippen LogP) is 2.76. The van der Waals surface area contributed by atoms with Gasteiger partial charge in [-0.1, -0.05) is 26.0 Å². The Morgan fingerprint density at radius 2 is 1.67 bits per heavy atom. The average molecular weight is 248 g/mol. The summed E-state index contributed by atoms with van der Waals surface area (Å²) in [5.74, 6) is 0.623. The first-order valence-electron chi connectivity index (χ1n) is 6.40. The van der Waals surface area contributed by atoms with Crippen molar-refractivity contribution >= 4 is 11.6 Å². The van der Waals surface area contributed by atoms with Crippen LogP contribution in [0.3, 0.4) is 0 Å². The van der Waals surface area contributed by atoms with E-state index in [1.165, 1.54) is 11.3 Å². The number of carbonyl (C=O) groups excluding carboxylic acids is 1. The normalized spacial score (nSPS) is 10.6. The van der Waals surface area contributed by atoms with Crippen LogP contribution in [0.25, 0.3) is 0 Å². The maximum atomic E-state index is 11.9. The molecule has 100 valence electrons. The summed E-state index contributed by atoms with van der Waals surface area (Å²) in [6, 6.07) is 8.31. The smallest absolute Gasteiger partial charge is 0.222 e. The lowest BCUT2D eigenvalue weighted by molar-refractivity contribution is -0.131. The monoisotopic (exact) mass is 248 g/mol. The van der Waals surface area contributed by atoms with E-state index in [1.54, 1.807) is 4.90 Å². The van der Waals surface area contributed by atoms with Crippen LogP contribution in [-0.4, -0.2) is 32.0 Å². The summed E-state index contributed by atoms with van der Waals surface area (Å²) in [6.45, 7) is 4.81. The zero-order valence-corrected chi connectivity index (χ0v) is 12.1. The lowest BCUT2D eigenvalue weighted by Crippen LogP contribution is -2.27. The molecule has 0 bridgehead atoms. The van der Waals surface area contributed by atoms with E-state index in [0.717, 1.165) is 0 Å². The van der Waals surface area contributed by atoms with Crippen molar-refractivity contribution in [2.75, 3.05) is 26.0 Å². The number of carbonyl (C=O) groups is 1. The molecule has 0 aliphatic rings. The summed E-state index contributed by atoms with van der Waals surface area (Å²) >= 11 is 0. The highest BCUT2D eigenvalue weighted by Crippen LogP contribution is 2.14. The molecule has 0 aliphatic carbocycles. The van der Waals surface area contributed by atoms with Crippen LogP contribution in [0.5, 0.6) is 0 Å². The van der Waals surface area contributed by atoms with Crippen LogP contribution in [-0.2, 0) is 11.3 Å². The van der Waals surface area contributed by atoms with Crippen LogP contribution >= 0.6 is 0 Å². The third kappa shape index (κ3) is 4.40. The van der Waals surface area contributed by atoms with Gasteiger partial charge in [0.1, 0.15) is 0 Å². The summed E-state index contributed by atoms with van der Waals surface area (Å²) in [5, 5.41) is 0. The summed E-state index contributed by atoms with van der Waals surface area (Å²) in [6.07, 6.45) is 0.617. The molecule has 0 spiro atoms. The van der Waals surface area contributed by atoms with Gasteiger partial charge in [0.25, 0.3) is 0 Å². The van der Waals surface area contributed by atoms with Gasteiger partial charge in [-0.3, -0.25) is 4.79 Å². The van der Waals surface area contributed by atoms with E-state index in [9.17, 15) is 4.79 Å². The maximum Gasteiger partial charge on any atom is 0.222 e. The van der Waals surface area contributed by atoms with Gasteiger partial charge in [-0.05, 0) is 23.6 Å². The number of hydrogen-bond donors (Lipinski definition) is 0. The van der Waals surface area contributed by atoms with Crippen LogP contribution in [0.1, 0.15) is 25.8 Å². The molecule has 3 heteroatoms. The highest BCUT2D eigenvalue weighted by Gasteiger charge is 2.10. The van der Waals surface area contributed by atoms with Crippen molar-refractivity contribution in [2.45, 2.75) is 26.8 Å². The molecule has 0 atom stereocenters. The van der Waals surface area contributed by atoms with Gasteiger partial charge in [0.2, 0.25) is 5.91 Å². The van der Waals surface area contributed by atoms with E-state index in [-0.39, 0.29) is 5.91 Å². The van der Waals surface area contributed by atoms with Gasteiger partial charge in [0.15, 0.2) is 0 Å². The SMILES string of the molecule is CC(C)CC(=O)N(C)Cc1ccc(N(C)C)cc1. The molecule has 1 aromatic carbocycles. The molecule has 0 aromatic heterocycles. The van der Waals surface area contributed by atoms with Crippen molar-refractivity contribution < 1.29 is 4.79 Å². The van der Waals surface area contributed by atoms with Gasteiger partial charge in [0, 0.05) is 39.8 Å². The third-order valence-corrected chi connectivity index (χ3v) is 2.88. The van der Waals surface area contributed by atoms with E-state index in [4.69, 9.17) is 0 Å². The number of nitrogens with zero attached hydrogens (tertiary/aromatic N) is 2. The lowest BCUT2D eigenvalue weighted by Gasteiger charge is -2.19. The van der Waals surface area contributed by atoms with Gasteiger partial charge in [-0.25, -0.2) is 0 Å². The molecule has 3 nitrogen and oxygen atoms in total. The number of benzene rings is 1. The minimum Gasteiger partial charge on any atom is -0.378 e. The molecule has 0 N–H and O–H groups in total.